The molecule has 0 bridgehead atoms. The van der Waals surface area contributed by atoms with Gasteiger partial charge in [-0.1, -0.05) is 6.07 Å². The highest BCUT2D eigenvalue weighted by Gasteiger charge is 2.07. The highest BCUT2D eigenvalue weighted by molar-refractivity contribution is 5.78. The van der Waals surface area contributed by atoms with Gasteiger partial charge in [-0.2, -0.15) is 0 Å². The summed E-state index contributed by atoms with van der Waals surface area (Å²) in [6.07, 6.45) is -0.118. The summed E-state index contributed by atoms with van der Waals surface area (Å²) in [5.74, 6) is -1.74. The number of carbonyl (C=O) groups is 1. The fourth-order valence-corrected chi connectivity index (χ4v) is 1.02. The minimum Gasteiger partial charge on any atom is -0.292 e. The molecule has 5 heteroatoms. The van der Waals surface area contributed by atoms with E-state index in [2.05, 4.69) is 10.9 Å². The Bertz CT molecular complexity index is 342. The Morgan fingerprint density at radius 3 is 2.71 bits per heavy atom. The molecule has 0 fully saturated rings. The number of hydrogen-bond donors (Lipinski definition) is 2. The van der Waals surface area contributed by atoms with Crippen molar-refractivity contribution >= 4 is 5.91 Å². The van der Waals surface area contributed by atoms with E-state index in [0.717, 1.165) is 12.1 Å². The topological polar surface area (TPSA) is 41.1 Å². The Hall–Kier alpha value is -1.49. The third kappa shape index (κ3) is 2.77. The second-order valence-electron chi connectivity index (χ2n) is 2.71. The highest BCUT2D eigenvalue weighted by Crippen LogP contribution is 2.09. The van der Waals surface area contributed by atoms with Crippen LogP contribution in [0.15, 0.2) is 18.2 Å². The van der Waals surface area contributed by atoms with Gasteiger partial charge in [0, 0.05) is 13.1 Å². The molecular formula is C9H10F2N2O. The number of hydrazine groups is 1. The molecule has 1 aromatic carbocycles. The van der Waals surface area contributed by atoms with Crippen LogP contribution >= 0.6 is 0 Å². The normalized spacial score (nSPS) is 9.93. The van der Waals surface area contributed by atoms with E-state index in [1.165, 1.54) is 13.1 Å². The van der Waals surface area contributed by atoms with Crippen molar-refractivity contribution in [3.8, 4) is 0 Å². The summed E-state index contributed by atoms with van der Waals surface area (Å²) in [4.78, 5) is 11.0. The van der Waals surface area contributed by atoms with Gasteiger partial charge in [0.15, 0.2) is 0 Å². The fourth-order valence-electron chi connectivity index (χ4n) is 1.02. The second-order valence-corrected chi connectivity index (χ2v) is 2.71. The van der Waals surface area contributed by atoms with Gasteiger partial charge in [-0.25, -0.2) is 14.2 Å². The minimum absolute atomic E-state index is 0.118. The first-order valence-corrected chi connectivity index (χ1v) is 4.03. The maximum Gasteiger partial charge on any atom is 0.238 e. The van der Waals surface area contributed by atoms with E-state index >= 15 is 0 Å². The lowest BCUT2D eigenvalue weighted by Crippen LogP contribution is -2.35. The maximum absolute atomic E-state index is 13.0. The van der Waals surface area contributed by atoms with Crippen LogP contribution in [0.3, 0.4) is 0 Å². The zero-order chi connectivity index (χ0) is 10.6. The van der Waals surface area contributed by atoms with Gasteiger partial charge in [0.25, 0.3) is 0 Å². The summed E-state index contributed by atoms with van der Waals surface area (Å²) in [7, 11) is 1.53. The predicted molar refractivity (Wildman–Crippen MR) is 47.3 cm³/mol. The summed E-state index contributed by atoms with van der Waals surface area (Å²) >= 11 is 0. The number of hydrogen-bond acceptors (Lipinski definition) is 2. The molecule has 0 saturated heterocycles. The molecule has 0 saturated carbocycles. The lowest BCUT2D eigenvalue weighted by Gasteiger charge is -2.03. The molecule has 0 aliphatic heterocycles. The molecule has 0 aromatic heterocycles. The molecule has 1 amide bonds. The van der Waals surface area contributed by atoms with Crippen molar-refractivity contribution < 1.29 is 13.6 Å². The molecule has 0 spiro atoms. The summed E-state index contributed by atoms with van der Waals surface area (Å²) in [5.41, 5.74) is 4.87. The van der Waals surface area contributed by atoms with Gasteiger partial charge in [-0.05, 0) is 11.6 Å². The van der Waals surface area contributed by atoms with Gasteiger partial charge >= 0.3 is 0 Å². The molecular weight excluding hydrogens is 190 g/mol. The lowest BCUT2D eigenvalue weighted by atomic mass is 10.1. The zero-order valence-electron chi connectivity index (χ0n) is 7.60. The predicted octanol–water partition coefficient (Wildman–Crippen LogP) is 0.758. The number of benzene rings is 1. The molecule has 0 unspecified atom stereocenters. The van der Waals surface area contributed by atoms with Crippen molar-refractivity contribution in [2.75, 3.05) is 7.05 Å². The molecule has 2 N–H and O–H groups in total. The van der Waals surface area contributed by atoms with Crippen LogP contribution in [0, 0.1) is 11.6 Å². The van der Waals surface area contributed by atoms with Crippen molar-refractivity contribution in [3.05, 3.63) is 35.4 Å². The standard InChI is InChI=1S/C9H10F2N2O/c1-12-13-9(14)4-6-2-3-7(10)5-8(6)11/h2-3,5,12H,4H2,1H3,(H,13,14). The van der Waals surface area contributed by atoms with Gasteiger partial charge in [-0.3, -0.25) is 10.2 Å². The monoisotopic (exact) mass is 200 g/mol. The van der Waals surface area contributed by atoms with E-state index < -0.39 is 11.6 Å². The summed E-state index contributed by atoms with van der Waals surface area (Å²) in [6.45, 7) is 0. The molecule has 0 aliphatic rings. The average molecular weight is 200 g/mol. The molecule has 76 valence electrons. The molecule has 14 heavy (non-hydrogen) atoms. The van der Waals surface area contributed by atoms with Crippen LogP contribution in [0.4, 0.5) is 8.78 Å². The Morgan fingerprint density at radius 1 is 1.43 bits per heavy atom. The van der Waals surface area contributed by atoms with E-state index in [1.54, 1.807) is 0 Å². The molecule has 3 nitrogen and oxygen atoms in total. The molecule has 1 aromatic rings. The van der Waals surface area contributed by atoms with Crippen molar-refractivity contribution in [3.63, 3.8) is 0 Å². The third-order valence-corrected chi connectivity index (χ3v) is 1.63. The van der Waals surface area contributed by atoms with Gasteiger partial charge in [0.1, 0.15) is 11.6 Å². The SMILES string of the molecule is CNNC(=O)Cc1ccc(F)cc1F. The Balaban J connectivity index is 2.72. The Kier molecular flexibility index (Phi) is 3.53. The molecule has 0 radical (unpaired) electrons. The van der Waals surface area contributed by atoms with Crippen LogP contribution < -0.4 is 10.9 Å². The second kappa shape index (κ2) is 4.66. The lowest BCUT2D eigenvalue weighted by molar-refractivity contribution is -0.121. The Labute approximate surface area is 80.1 Å². The Morgan fingerprint density at radius 2 is 2.14 bits per heavy atom. The van der Waals surface area contributed by atoms with Gasteiger partial charge in [0.2, 0.25) is 5.91 Å². The van der Waals surface area contributed by atoms with E-state index in [9.17, 15) is 13.6 Å². The van der Waals surface area contributed by atoms with Crippen LogP contribution in [0.5, 0.6) is 0 Å². The van der Waals surface area contributed by atoms with Crippen LogP contribution in [-0.4, -0.2) is 13.0 Å². The molecule has 0 heterocycles. The largest absolute Gasteiger partial charge is 0.292 e. The van der Waals surface area contributed by atoms with Crippen LogP contribution in [0.25, 0.3) is 0 Å². The number of nitrogens with one attached hydrogen (secondary N) is 2. The van der Waals surface area contributed by atoms with Crippen molar-refractivity contribution in [2.45, 2.75) is 6.42 Å². The smallest absolute Gasteiger partial charge is 0.238 e. The number of amides is 1. The minimum atomic E-state index is -0.712. The van der Waals surface area contributed by atoms with Crippen molar-refractivity contribution in [2.24, 2.45) is 0 Å². The first-order chi connectivity index (χ1) is 6.63. The molecule has 0 atom stereocenters. The van der Waals surface area contributed by atoms with Gasteiger partial charge < -0.3 is 0 Å². The number of halogens is 2. The van der Waals surface area contributed by atoms with Crippen LogP contribution in [-0.2, 0) is 11.2 Å². The maximum atomic E-state index is 13.0. The summed E-state index contributed by atoms with van der Waals surface area (Å²) in [6, 6.07) is 3.12. The first kappa shape index (κ1) is 10.6. The van der Waals surface area contributed by atoms with Gasteiger partial charge in [-0.15, -0.1) is 0 Å². The fraction of sp³-hybridized carbons (Fsp3) is 0.222. The summed E-state index contributed by atoms with van der Waals surface area (Å²) in [5, 5.41) is 0. The quantitative estimate of drug-likeness (QED) is 0.707. The summed E-state index contributed by atoms with van der Waals surface area (Å²) < 4.78 is 25.5. The van der Waals surface area contributed by atoms with E-state index in [1.807, 2.05) is 0 Å². The molecule has 0 aliphatic carbocycles. The van der Waals surface area contributed by atoms with Crippen LogP contribution in [0.2, 0.25) is 0 Å². The highest BCUT2D eigenvalue weighted by atomic mass is 19.1. The third-order valence-electron chi connectivity index (χ3n) is 1.63. The van der Waals surface area contributed by atoms with Crippen molar-refractivity contribution in [1.29, 1.82) is 0 Å². The first-order valence-electron chi connectivity index (χ1n) is 4.03. The van der Waals surface area contributed by atoms with E-state index in [0.29, 0.717) is 0 Å². The van der Waals surface area contributed by atoms with E-state index in [4.69, 9.17) is 0 Å². The zero-order valence-corrected chi connectivity index (χ0v) is 7.60. The number of rotatable bonds is 3. The average Bonchev–Trinajstić information content (AvgIpc) is 2.10. The van der Waals surface area contributed by atoms with E-state index in [-0.39, 0.29) is 17.9 Å². The molecule has 1 rings (SSSR count). The number of carbonyl (C=O) groups excluding carboxylic acids is 1. The van der Waals surface area contributed by atoms with Crippen LogP contribution in [0.1, 0.15) is 5.56 Å². The van der Waals surface area contributed by atoms with Gasteiger partial charge in [0.05, 0.1) is 6.42 Å². The van der Waals surface area contributed by atoms with Crippen molar-refractivity contribution in [1.82, 2.24) is 10.9 Å².